The van der Waals surface area contributed by atoms with Crippen LogP contribution in [0, 0.1) is 0 Å². The molecular formula is C31H33N3O3S. The van der Waals surface area contributed by atoms with Crippen molar-refractivity contribution < 1.29 is 13.2 Å². The van der Waals surface area contributed by atoms with E-state index in [0.29, 0.717) is 42.8 Å². The Bertz CT molecular complexity index is 1540. The number of sulfonamides is 1. The SMILES string of the molecule is CC(C)(C)c1ccc(C(=O)N2CCN(c3ccc(NS(=O)(=O)c4cccc5ccccc45)cc3)CC2)cc1. The molecule has 1 aliphatic rings. The Balaban J connectivity index is 1.21. The molecule has 6 nitrogen and oxygen atoms in total. The van der Waals surface area contributed by atoms with Crippen molar-refractivity contribution in [3.63, 3.8) is 0 Å². The summed E-state index contributed by atoms with van der Waals surface area (Å²) in [7, 11) is -3.74. The smallest absolute Gasteiger partial charge is 0.262 e. The van der Waals surface area contributed by atoms with E-state index in [9.17, 15) is 13.2 Å². The second kappa shape index (κ2) is 10.1. The van der Waals surface area contributed by atoms with Crippen LogP contribution in [0.1, 0.15) is 36.7 Å². The predicted octanol–water partition coefficient (Wildman–Crippen LogP) is 5.90. The van der Waals surface area contributed by atoms with E-state index in [4.69, 9.17) is 0 Å². The van der Waals surface area contributed by atoms with Crippen LogP contribution in [0.5, 0.6) is 0 Å². The summed E-state index contributed by atoms with van der Waals surface area (Å²) < 4.78 is 29.0. The molecule has 7 heteroatoms. The average molecular weight is 528 g/mol. The zero-order chi connectivity index (χ0) is 26.9. The second-order valence-corrected chi connectivity index (χ2v) is 12.4. The van der Waals surface area contributed by atoms with Gasteiger partial charge in [-0.15, -0.1) is 0 Å². The number of nitrogens with zero attached hydrogens (tertiary/aromatic N) is 2. The molecular weight excluding hydrogens is 494 g/mol. The summed E-state index contributed by atoms with van der Waals surface area (Å²) in [6.07, 6.45) is 0. The Morgan fingerprint density at radius 1 is 0.763 bits per heavy atom. The molecule has 0 spiro atoms. The fourth-order valence-electron chi connectivity index (χ4n) is 4.84. The van der Waals surface area contributed by atoms with E-state index in [-0.39, 0.29) is 16.2 Å². The van der Waals surface area contributed by atoms with Gasteiger partial charge in [-0.1, -0.05) is 69.3 Å². The number of anilines is 2. The van der Waals surface area contributed by atoms with Crippen molar-refractivity contribution in [2.24, 2.45) is 0 Å². The number of piperazine rings is 1. The van der Waals surface area contributed by atoms with Crippen molar-refractivity contribution in [1.29, 1.82) is 0 Å². The fourth-order valence-corrected chi connectivity index (χ4v) is 6.13. The molecule has 196 valence electrons. The molecule has 0 aliphatic carbocycles. The second-order valence-electron chi connectivity index (χ2n) is 10.7. The number of fused-ring (bicyclic) bond motifs is 1. The fraction of sp³-hybridized carbons (Fsp3) is 0.258. The van der Waals surface area contributed by atoms with Gasteiger partial charge in [0, 0.05) is 48.5 Å². The maximum atomic E-state index is 13.1. The molecule has 1 saturated heterocycles. The van der Waals surface area contributed by atoms with Crippen molar-refractivity contribution >= 4 is 38.1 Å². The van der Waals surface area contributed by atoms with Gasteiger partial charge in [0.05, 0.1) is 4.90 Å². The molecule has 4 aromatic carbocycles. The summed E-state index contributed by atoms with van der Waals surface area (Å²) in [6.45, 7) is 9.19. The van der Waals surface area contributed by atoms with Crippen LogP contribution in [0.4, 0.5) is 11.4 Å². The van der Waals surface area contributed by atoms with Crippen LogP contribution in [0.2, 0.25) is 0 Å². The van der Waals surface area contributed by atoms with Gasteiger partial charge in [-0.2, -0.15) is 0 Å². The van der Waals surface area contributed by atoms with Crippen molar-refractivity contribution in [2.45, 2.75) is 31.1 Å². The molecule has 5 rings (SSSR count). The molecule has 38 heavy (non-hydrogen) atoms. The largest absolute Gasteiger partial charge is 0.368 e. The number of benzene rings is 4. The van der Waals surface area contributed by atoms with E-state index >= 15 is 0 Å². The summed E-state index contributed by atoms with van der Waals surface area (Å²) in [5.41, 5.74) is 3.49. The van der Waals surface area contributed by atoms with Crippen LogP contribution >= 0.6 is 0 Å². The Kier molecular flexibility index (Phi) is 6.88. The Hall–Kier alpha value is -3.84. The van der Waals surface area contributed by atoms with E-state index in [0.717, 1.165) is 11.1 Å². The zero-order valence-electron chi connectivity index (χ0n) is 22.0. The molecule has 0 aromatic heterocycles. The number of amides is 1. The van der Waals surface area contributed by atoms with Crippen LogP contribution in [0.15, 0.2) is 95.9 Å². The van der Waals surface area contributed by atoms with Crippen molar-refractivity contribution in [1.82, 2.24) is 4.90 Å². The van der Waals surface area contributed by atoms with Gasteiger partial charge in [-0.3, -0.25) is 9.52 Å². The summed E-state index contributed by atoms with van der Waals surface area (Å²) in [6, 6.07) is 28.1. The van der Waals surface area contributed by atoms with Crippen LogP contribution in [0.25, 0.3) is 10.8 Å². The molecule has 1 amide bonds. The van der Waals surface area contributed by atoms with E-state index in [1.54, 1.807) is 24.3 Å². The molecule has 1 fully saturated rings. The van der Waals surface area contributed by atoms with Crippen molar-refractivity contribution in [3.05, 3.63) is 102 Å². The van der Waals surface area contributed by atoms with Gasteiger partial charge in [0.1, 0.15) is 0 Å². The third-order valence-electron chi connectivity index (χ3n) is 7.09. The molecule has 1 heterocycles. The molecule has 0 saturated carbocycles. The van der Waals surface area contributed by atoms with Crippen molar-refractivity contribution in [3.8, 4) is 0 Å². The van der Waals surface area contributed by atoms with Gasteiger partial charge < -0.3 is 9.80 Å². The van der Waals surface area contributed by atoms with E-state index < -0.39 is 10.0 Å². The summed E-state index contributed by atoms with van der Waals surface area (Å²) in [5, 5.41) is 1.57. The van der Waals surface area contributed by atoms with E-state index in [1.807, 2.05) is 71.6 Å². The zero-order valence-corrected chi connectivity index (χ0v) is 22.8. The topological polar surface area (TPSA) is 69.7 Å². The van der Waals surface area contributed by atoms with Crippen LogP contribution in [-0.4, -0.2) is 45.4 Å². The minimum atomic E-state index is -3.74. The van der Waals surface area contributed by atoms with Crippen LogP contribution in [-0.2, 0) is 15.4 Å². The first-order valence-corrected chi connectivity index (χ1v) is 14.4. The normalized spacial score (nSPS) is 14.5. The molecule has 0 atom stereocenters. The maximum Gasteiger partial charge on any atom is 0.262 e. The summed E-state index contributed by atoms with van der Waals surface area (Å²) >= 11 is 0. The van der Waals surface area contributed by atoms with Gasteiger partial charge in [-0.05, 0) is 58.8 Å². The molecule has 1 N–H and O–H groups in total. The number of hydrogen-bond donors (Lipinski definition) is 1. The highest BCUT2D eigenvalue weighted by Gasteiger charge is 2.23. The number of nitrogens with one attached hydrogen (secondary N) is 1. The predicted molar refractivity (Wildman–Crippen MR) is 154 cm³/mol. The van der Waals surface area contributed by atoms with Crippen LogP contribution in [0.3, 0.4) is 0 Å². The lowest BCUT2D eigenvalue weighted by molar-refractivity contribution is 0.0746. The van der Waals surface area contributed by atoms with Gasteiger partial charge in [0.2, 0.25) is 0 Å². The first-order chi connectivity index (χ1) is 18.1. The van der Waals surface area contributed by atoms with Gasteiger partial charge in [-0.25, -0.2) is 8.42 Å². The standard InChI is InChI=1S/C31H33N3O3S/c1-31(2,3)25-13-11-24(12-14-25)30(35)34-21-19-33(20-22-34)27-17-15-26(16-18-27)32-38(36,37)29-10-6-8-23-7-4-5-9-28(23)29/h4-18,32H,19-22H2,1-3H3. The van der Waals surface area contributed by atoms with Gasteiger partial charge in [0.25, 0.3) is 15.9 Å². The lowest BCUT2D eigenvalue weighted by Crippen LogP contribution is -2.48. The quantitative estimate of drug-likeness (QED) is 0.351. The Morgan fingerprint density at radius 3 is 2.05 bits per heavy atom. The first kappa shape index (κ1) is 25.8. The molecule has 4 aromatic rings. The minimum Gasteiger partial charge on any atom is -0.368 e. The molecule has 0 radical (unpaired) electrons. The lowest BCUT2D eigenvalue weighted by Gasteiger charge is -2.36. The lowest BCUT2D eigenvalue weighted by atomic mass is 9.86. The van der Waals surface area contributed by atoms with Crippen LogP contribution < -0.4 is 9.62 Å². The summed E-state index contributed by atoms with van der Waals surface area (Å²) in [5.74, 6) is 0.0586. The Labute approximate surface area is 224 Å². The highest BCUT2D eigenvalue weighted by molar-refractivity contribution is 7.93. The monoisotopic (exact) mass is 527 g/mol. The van der Waals surface area contributed by atoms with E-state index in [2.05, 4.69) is 30.4 Å². The van der Waals surface area contributed by atoms with Gasteiger partial charge >= 0.3 is 0 Å². The summed E-state index contributed by atoms with van der Waals surface area (Å²) in [4.78, 5) is 17.4. The molecule has 0 unspecified atom stereocenters. The molecule has 0 bridgehead atoms. The first-order valence-electron chi connectivity index (χ1n) is 12.9. The maximum absolute atomic E-state index is 13.1. The Morgan fingerprint density at radius 2 is 1.39 bits per heavy atom. The average Bonchev–Trinajstić information content (AvgIpc) is 2.92. The number of carbonyl (C=O) groups excluding carboxylic acids is 1. The van der Waals surface area contributed by atoms with Gasteiger partial charge in [0.15, 0.2) is 0 Å². The van der Waals surface area contributed by atoms with Crippen molar-refractivity contribution in [2.75, 3.05) is 35.8 Å². The third-order valence-corrected chi connectivity index (χ3v) is 8.53. The highest BCUT2D eigenvalue weighted by atomic mass is 32.2. The highest BCUT2D eigenvalue weighted by Crippen LogP contribution is 2.27. The number of hydrogen-bond acceptors (Lipinski definition) is 4. The number of rotatable bonds is 5. The number of carbonyl (C=O) groups is 1. The molecule has 1 aliphatic heterocycles. The van der Waals surface area contributed by atoms with E-state index in [1.165, 1.54) is 5.56 Å². The minimum absolute atomic E-state index is 0.0540. The third kappa shape index (κ3) is 5.38.